The van der Waals surface area contributed by atoms with Crippen LogP contribution < -0.4 is 0 Å². The molecule has 0 unspecified atom stereocenters. The molecule has 3 heterocycles. The summed E-state index contributed by atoms with van der Waals surface area (Å²) in [6.45, 7) is 4.31. The van der Waals surface area contributed by atoms with Crippen molar-refractivity contribution in [2.45, 2.75) is 20.3 Å². The van der Waals surface area contributed by atoms with Crippen LogP contribution in [-0.2, 0) is 4.74 Å². The first-order chi connectivity index (χ1) is 11.7. The molecule has 0 saturated carbocycles. The van der Waals surface area contributed by atoms with Gasteiger partial charge in [-0.2, -0.15) is 0 Å². The highest BCUT2D eigenvalue weighted by atomic mass is 16.5. The zero-order valence-corrected chi connectivity index (χ0v) is 13.7. The number of H-pyrrole nitrogens is 1. The summed E-state index contributed by atoms with van der Waals surface area (Å²) in [6.07, 6.45) is 7.67. The first kappa shape index (κ1) is 15.9. The van der Waals surface area contributed by atoms with E-state index in [2.05, 4.69) is 15.0 Å². The summed E-state index contributed by atoms with van der Waals surface area (Å²) < 4.78 is 5.38. The molecule has 3 rings (SSSR count). The minimum Gasteiger partial charge on any atom is -0.462 e. The number of ether oxygens (including phenoxy) is 1. The van der Waals surface area contributed by atoms with Crippen molar-refractivity contribution in [2.24, 2.45) is 0 Å². The molecule has 0 fully saturated rings. The molecule has 5 heteroatoms. The molecule has 0 amide bonds. The van der Waals surface area contributed by atoms with Crippen LogP contribution in [0, 0.1) is 6.92 Å². The van der Waals surface area contributed by atoms with E-state index in [-0.39, 0.29) is 5.97 Å². The molecule has 122 valence electrons. The van der Waals surface area contributed by atoms with E-state index in [1.807, 2.05) is 38.1 Å². The fourth-order valence-corrected chi connectivity index (χ4v) is 2.66. The first-order valence-corrected chi connectivity index (χ1v) is 7.92. The molecule has 0 aliphatic rings. The minimum absolute atomic E-state index is 0.308. The summed E-state index contributed by atoms with van der Waals surface area (Å²) in [5.74, 6) is -0.308. The maximum atomic E-state index is 12.6. The fraction of sp³-hybridized carbons (Fsp3) is 0.211. The molecule has 0 spiro atoms. The maximum Gasteiger partial charge on any atom is 0.340 e. The fourth-order valence-electron chi connectivity index (χ4n) is 2.66. The van der Waals surface area contributed by atoms with Crippen molar-refractivity contribution in [3.63, 3.8) is 0 Å². The first-order valence-electron chi connectivity index (χ1n) is 7.92. The van der Waals surface area contributed by atoms with Crippen molar-refractivity contribution in [3.8, 4) is 22.5 Å². The summed E-state index contributed by atoms with van der Waals surface area (Å²) in [5.41, 5.74) is 4.97. The van der Waals surface area contributed by atoms with Crippen LogP contribution >= 0.6 is 0 Å². The van der Waals surface area contributed by atoms with Crippen molar-refractivity contribution >= 4 is 5.97 Å². The van der Waals surface area contributed by atoms with Gasteiger partial charge in [-0.3, -0.25) is 9.97 Å². The Bertz CT molecular complexity index is 827. The minimum atomic E-state index is -0.308. The molecular weight excluding hydrogens is 302 g/mol. The van der Waals surface area contributed by atoms with E-state index < -0.39 is 0 Å². The van der Waals surface area contributed by atoms with E-state index in [9.17, 15) is 4.79 Å². The molecule has 24 heavy (non-hydrogen) atoms. The molecule has 0 atom stereocenters. The highest BCUT2D eigenvalue weighted by Gasteiger charge is 2.23. The Balaban J connectivity index is 2.14. The van der Waals surface area contributed by atoms with Gasteiger partial charge in [0, 0.05) is 41.6 Å². The monoisotopic (exact) mass is 321 g/mol. The van der Waals surface area contributed by atoms with Crippen LogP contribution in [0.3, 0.4) is 0 Å². The molecule has 5 nitrogen and oxygen atoms in total. The number of aromatic nitrogens is 3. The number of nitrogens with one attached hydrogen (secondary N) is 1. The third-order valence-corrected chi connectivity index (χ3v) is 3.83. The predicted molar refractivity (Wildman–Crippen MR) is 92.6 cm³/mol. The van der Waals surface area contributed by atoms with Crippen molar-refractivity contribution in [3.05, 3.63) is 60.2 Å². The number of carbonyl (C=O) groups excluding carboxylic acids is 1. The summed E-state index contributed by atoms with van der Waals surface area (Å²) in [5, 5.41) is 0. The van der Waals surface area contributed by atoms with E-state index in [1.165, 1.54) is 0 Å². The van der Waals surface area contributed by atoms with Crippen molar-refractivity contribution in [2.75, 3.05) is 6.61 Å². The van der Waals surface area contributed by atoms with Gasteiger partial charge in [0.2, 0.25) is 0 Å². The van der Waals surface area contributed by atoms with Gasteiger partial charge >= 0.3 is 5.97 Å². The van der Waals surface area contributed by atoms with Crippen molar-refractivity contribution < 1.29 is 9.53 Å². The Hall–Kier alpha value is -2.95. The number of hydrogen-bond donors (Lipinski definition) is 1. The van der Waals surface area contributed by atoms with Crippen LogP contribution in [-0.4, -0.2) is 27.5 Å². The van der Waals surface area contributed by atoms with Gasteiger partial charge in [0.25, 0.3) is 0 Å². The Labute approximate surface area is 140 Å². The van der Waals surface area contributed by atoms with Crippen LogP contribution in [0.15, 0.2) is 49.1 Å². The van der Waals surface area contributed by atoms with Crippen molar-refractivity contribution in [1.82, 2.24) is 15.0 Å². The lowest BCUT2D eigenvalue weighted by Crippen LogP contribution is -2.07. The lowest BCUT2D eigenvalue weighted by molar-refractivity contribution is 0.0505. The molecule has 0 radical (unpaired) electrons. The maximum absolute atomic E-state index is 12.6. The highest BCUT2D eigenvalue weighted by Crippen LogP contribution is 2.33. The van der Waals surface area contributed by atoms with Crippen LogP contribution in [0.5, 0.6) is 0 Å². The summed E-state index contributed by atoms with van der Waals surface area (Å²) in [4.78, 5) is 24.1. The number of hydrogen-bond acceptors (Lipinski definition) is 4. The normalized spacial score (nSPS) is 10.6. The standard InChI is InChI=1S/C19H19N3O2/c1-3-12-24-19(23)16-13(2)17(14-4-8-20-9-5-14)22-18(16)15-6-10-21-11-7-15/h4-11,22H,3,12H2,1-2H3. The van der Waals surface area contributed by atoms with E-state index in [4.69, 9.17) is 4.74 Å². The molecule has 0 aliphatic carbocycles. The molecular formula is C19H19N3O2. The molecule has 1 N–H and O–H groups in total. The number of pyridine rings is 2. The van der Waals surface area contributed by atoms with E-state index in [0.717, 1.165) is 34.5 Å². The van der Waals surface area contributed by atoms with Gasteiger partial charge < -0.3 is 9.72 Å². The van der Waals surface area contributed by atoms with Crippen LogP contribution in [0.2, 0.25) is 0 Å². The second-order valence-corrected chi connectivity index (χ2v) is 5.48. The second kappa shape index (κ2) is 7.08. The number of esters is 1. The Kier molecular flexibility index (Phi) is 4.70. The molecule has 0 saturated heterocycles. The van der Waals surface area contributed by atoms with Gasteiger partial charge in [0.1, 0.15) is 0 Å². The Morgan fingerprint density at radius 2 is 1.54 bits per heavy atom. The topological polar surface area (TPSA) is 67.9 Å². The summed E-state index contributed by atoms with van der Waals surface area (Å²) in [6, 6.07) is 7.57. The van der Waals surface area contributed by atoms with Gasteiger partial charge in [-0.25, -0.2) is 4.79 Å². The SMILES string of the molecule is CCCOC(=O)c1c(-c2ccncc2)[nH]c(-c2ccncc2)c1C. The number of nitrogens with zero attached hydrogens (tertiary/aromatic N) is 2. The highest BCUT2D eigenvalue weighted by molar-refractivity contribution is 6.00. The third kappa shape index (κ3) is 3.06. The van der Waals surface area contributed by atoms with Gasteiger partial charge in [0.15, 0.2) is 0 Å². The van der Waals surface area contributed by atoms with Gasteiger partial charge in [-0.15, -0.1) is 0 Å². The van der Waals surface area contributed by atoms with E-state index >= 15 is 0 Å². The van der Waals surface area contributed by atoms with E-state index in [0.29, 0.717) is 12.2 Å². The van der Waals surface area contributed by atoms with Gasteiger partial charge in [-0.1, -0.05) is 6.92 Å². The van der Waals surface area contributed by atoms with Crippen LogP contribution in [0.1, 0.15) is 29.3 Å². The zero-order valence-electron chi connectivity index (χ0n) is 13.7. The summed E-state index contributed by atoms with van der Waals surface area (Å²) >= 11 is 0. The molecule has 0 aromatic carbocycles. The molecule has 0 bridgehead atoms. The smallest absolute Gasteiger partial charge is 0.340 e. The average molecular weight is 321 g/mol. The van der Waals surface area contributed by atoms with E-state index in [1.54, 1.807) is 24.8 Å². The average Bonchev–Trinajstić information content (AvgIpc) is 2.98. The lowest BCUT2D eigenvalue weighted by Gasteiger charge is -2.06. The lowest BCUT2D eigenvalue weighted by atomic mass is 10.0. The van der Waals surface area contributed by atoms with Crippen molar-refractivity contribution in [1.29, 1.82) is 0 Å². The molecule has 3 aromatic heterocycles. The number of rotatable bonds is 5. The Morgan fingerprint density at radius 1 is 1.00 bits per heavy atom. The molecule has 3 aromatic rings. The van der Waals surface area contributed by atoms with Gasteiger partial charge in [-0.05, 0) is 43.2 Å². The number of carbonyl (C=O) groups is 1. The number of aromatic amines is 1. The Morgan fingerprint density at radius 3 is 2.08 bits per heavy atom. The zero-order chi connectivity index (χ0) is 16.9. The van der Waals surface area contributed by atoms with Gasteiger partial charge in [0.05, 0.1) is 17.9 Å². The predicted octanol–water partition coefficient (Wildman–Crippen LogP) is 4.01. The largest absolute Gasteiger partial charge is 0.462 e. The quantitative estimate of drug-likeness (QED) is 0.721. The molecule has 0 aliphatic heterocycles. The van der Waals surface area contributed by atoms with Crippen LogP contribution in [0.4, 0.5) is 0 Å². The third-order valence-electron chi connectivity index (χ3n) is 3.83. The van der Waals surface area contributed by atoms with Crippen LogP contribution in [0.25, 0.3) is 22.5 Å². The summed E-state index contributed by atoms with van der Waals surface area (Å²) in [7, 11) is 0. The second-order valence-electron chi connectivity index (χ2n) is 5.48.